The SMILES string of the molecule is CCC1(CC)C(NC(=NCc2nnc(C)n2C)NC2CCCCC2)CC1OC.I. The maximum atomic E-state index is 5.77. The first-order valence-electron chi connectivity index (χ1n) is 11.0. The molecule has 7 nitrogen and oxygen atoms in total. The number of ether oxygens (including phenoxy) is 1. The number of methoxy groups -OCH3 is 1. The molecule has 0 amide bonds. The minimum Gasteiger partial charge on any atom is -0.381 e. The van der Waals surface area contributed by atoms with Crippen LogP contribution in [0.2, 0.25) is 0 Å². The second kappa shape index (κ2) is 10.9. The van der Waals surface area contributed by atoms with Crippen LogP contribution in [0.1, 0.15) is 76.9 Å². The van der Waals surface area contributed by atoms with Gasteiger partial charge in [-0.25, -0.2) is 4.99 Å². The molecule has 2 atom stereocenters. The standard InChI is InChI=1S/C21H38N6O.HI/c1-6-21(7-2)17(13-18(21)28-5)24-20(23-16-11-9-8-10-12-16)22-14-19-26-25-15(3)27(19)4;/h16-18H,6-14H2,1-5H3,(H2,22,23,24);1H. The molecule has 2 N–H and O–H groups in total. The van der Waals surface area contributed by atoms with Crippen molar-refractivity contribution < 1.29 is 4.74 Å². The van der Waals surface area contributed by atoms with Gasteiger partial charge in [0.1, 0.15) is 12.4 Å². The van der Waals surface area contributed by atoms with E-state index in [4.69, 9.17) is 9.73 Å². The molecular weight excluding hydrogens is 479 g/mol. The Morgan fingerprint density at radius 3 is 2.41 bits per heavy atom. The molecule has 8 heteroatoms. The summed E-state index contributed by atoms with van der Waals surface area (Å²) in [6.07, 6.45) is 9.99. The van der Waals surface area contributed by atoms with Crippen molar-refractivity contribution in [1.82, 2.24) is 25.4 Å². The minimum atomic E-state index is 0. The van der Waals surface area contributed by atoms with Crippen molar-refractivity contribution in [2.75, 3.05) is 7.11 Å². The van der Waals surface area contributed by atoms with Crippen LogP contribution in [0.5, 0.6) is 0 Å². The van der Waals surface area contributed by atoms with E-state index in [9.17, 15) is 0 Å². The Morgan fingerprint density at radius 2 is 1.86 bits per heavy atom. The van der Waals surface area contributed by atoms with Gasteiger partial charge < -0.3 is 19.9 Å². The Hall–Kier alpha value is -0.900. The van der Waals surface area contributed by atoms with Gasteiger partial charge in [0.25, 0.3) is 0 Å². The van der Waals surface area contributed by atoms with Crippen molar-refractivity contribution in [3.63, 3.8) is 0 Å². The average Bonchev–Trinajstić information content (AvgIpc) is 3.02. The molecule has 1 aromatic rings. The van der Waals surface area contributed by atoms with E-state index >= 15 is 0 Å². The van der Waals surface area contributed by atoms with E-state index in [2.05, 4.69) is 34.7 Å². The zero-order valence-electron chi connectivity index (χ0n) is 18.7. The maximum absolute atomic E-state index is 5.77. The van der Waals surface area contributed by atoms with Gasteiger partial charge in [0.05, 0.1) is 6.10 Å². The van der Waals surface area contributed by atoms with Gasteiger partial charge in [0, 0.05) is 31.7 Å². The molecule has 2 aliphatic rings. The molecule has 0 aromatic carbocycles. The van der Waals surface area contributed by atoms with Crippen LogP contribution in [0.15, 0.2) is 4.99 Å². The van der Waals surface area contributed by atoms with Gasteiger partial charge in [0.15, 0.2) is 11.8 Å². The van der Waals surface area contributed by atoms with Crippen LogP contribution >= 0.6 is 24.0 Å². The lowest BCUT2D eigenvalue weighted by molar-refractivity contribution is -0.118. The Morgan fingerprint density at radius 1 is 1.17 bits per heavy atom. The predicted molar refractivity (Wildman–Crippen MR) is 128 cm³/mol. The Bertz CT molecular complexity index is 666. The predicted octanol–water partition coefficient (Wildman–Crippen LogP) is 3.70. The van der Waals surface area contributed by atoms with E-state index < -0.39 is 0 Å². The van der Waals surface area contributed by atoms with Gasteiger partial charge in [-0.1, -0.05) is 33.1 Å². The topological polar surface area (TPSA) is 76.4 Å². The number of rotatable bonds is 7. The van der Waals surface area contributed by atoms with Crippen molar-refractivity contribution in [1.29, 1.82) is 0 Å². The summed E-state index contributed by atoms with van der Waals surface area (Å²) in [7, 11) is 3.84. The monoisotopic (exact) mass is 518 g/mol. The van der Waals surface area contributed by atoms with E-state index in [1.54, 1.807) is 0 Å². The van der Waals surface area contributed by atoms with Gasteiger partial charge in [-0.3, -0.25) is 0 Å². The summed E-state index contributed by atoms with van der Waals surface area (Å²) in [5.41, 5.74) is 0.186. The first-order valence-corrected chi connectivity index (χ1v) is 11.0. The normalized spacial score (nSPS) is 24.5. The van der Waals surface area contributed by atoms with E-state index in [0.717, 1.165) is 36.9 Å². The van der Waals surface area contributed by atoms with E-state index in [1.807, 2.05) is 25.6 Å². The van der Waals surface area contributed by atoms with Gasteiger partial charge >= 0.3 is 0 Å². The van der Waals surface area contributed by atoms with Crippen LogP contribution < -0.4 is 10.6 Å². The summed E-state index contributed by atoms with van der Waals surface area (Å²) in [6, 6.07) is 0.903. The van der Waals surface area contributed by atoms with Crippen molar-refractivity contribution in [3.05, 3.63) is 11.6 Å². The molecule has 0 radical (unpaired) electrons. The minimum absolute atomic E-state index is 0. The lowest BCUT2D eigenvalue weighted by Crippen LogP contribution is -2.66. The largest absolute Gasteiger partial charge is 0.381 e. The molecule has 2 unspecified atom stereocenters. The average molecular weight is 518 g/mol. The Balaban J connectivity index is 0.00000300. The highest BCUT2D eigenvalue weighted by molar-refractivity contribution is 14.0. The fraction of sp³-hybridized carbons (Fsp3) is 0.857. The number of halogens is 1. The smallest absolute Gasteiger partial charge is 0.192 e. The maximum Gasteiger partial charge on any atom is 0.192 e. The van der Waals surface area contributed by atoms with E-state index in [1.165, 1.54) is 32.1 Å². The van der Waals surface area contributed by atoms with Crippen LogP contribution in [-0.4, -0.2) is 46.0 Å². The van der Waals surface area contributed by atoms with Crippen molar-refractivity contribution in [2.24, 2.45) is 17.5 Å². The third-order valence-corrected chi connectivity index (χ3v) is 7.20. The molecule has 0 saturated heterocycles. The molecule has 166 valence electrons. The summed E-state index contributed by atoms with van der Waals surface area (Å²) in [4.78, 5) is 4.90. The summed E-state index contributed by atoms with van der Waals surface area (Å²) in [5, 5.41) is 15.9. The zero-order chi connectivity index (χ0) is 20.1. The van der Waals surface area contributed by atoms with Crippen molar-refractivity contribution >= 4 is 29.9 Å². The number of nitrogens with one attached hydrogen (secondary N) is 2. The highest BCUT2D eigenvalue weighted by Gasteiger charge is 2.53. The molecule has 1 heterocycles. The van der Waals surface area contributed by atoms with Crippen molar-refractivity contribution in [3.8, 4) is 0 Å². The number of aromatic nitrogens is 3. The van der Waals surface area contributed by atoms with Crippen LogP contribution in [-0.2, 0) is 18.3 Å². The van der Waals surface area contributed by atoms with Crippen LogP contribution in [0.25, 0.3) is 0 Å². The summed E-state index contributed by atoms with van der Waals surface area (Å²) in [5.74, 6) is 2.72. The highest BCUT2D eigenvalue weighted by Crippen LogP contribution is 2.48. The van der Waals surface area contributed by atoms with E-state index in [0.29, 0.717) is 24.7 Å². The number of aryl methyl sites for hydroxylation is 1. The molecule has 3 rings (SSSR count). The fourth-order valence-corrected chi connectivity index (χ4v) is 4.96. The van der Waals surface area contributed by atoms with Gasteiger partial charge in [-0.2, -0.15) is 0 Å². The lowest BCUT2D eigenvalue weighted by atomic mass is 9.58. The first kappa shape index (κ1) is 24.4. The second-order valence-electron chi connectivity index (χ2n) is 8.46. The van der Waals surface area contributed by atoms with E-state index in [-0.39, 0.29) is 29.4 Å². The first-order chi connectivity index (χ1) is 13.5. The van der Waals surface area contributed by atoms with Crippen LogP contribution in [0, 0.1) is 12.3 Å². The molecule has 0 spiro atoms. The van der Waals surface area contributed by atoms with Crippen molar-refractivity contribution in [2.45, 2.75) is 96.9 Å². The van der Waals surface area contributed by atoms with Gasteiger partial charge in [0.2, 0.25) is 0 Å². The number of aliphatic imine (C=N–C) groups is 1. The Labute approximate surface area is 192 Å². The van der Waals surface area contributed by atoms with Crippen LogP contribution in [0.3, 0.4) is 0 Å². The third kappa shape index (κ3) is 5.24. The number of guanidine groups is 1. The number of hydrogen-bond acceptors (Lipinski definition) is 4. The fourth-order valence-electron chi connectivity index (χ4n) is 4.96. The van der Waals surface area contributed by atoms with Gasteiger partial charge in [-0.15, -0.1) is 34.2 Å². The highest BCUT2D eigenvalue weighted by atomic mass is 127. The second-order valence-corrected chi connectivity index (χ2v) is 8.46. The van der Waals surface area contributed by atoms with Gasteiger partial charge in [-0.05, 0) is 39.0 Å². The molecule has 2 aliphatic carbocycles. The van der Waals surface area contributed by atoms with Crippen LogP contribution in [0.4, 0.5) is 0 Å². The molecule has 29 heavy (non-hydrogen) atoms. The summed E-state index contributed by atoms with van der Waals surface area (Å²) in [6.45, 7) is 7.05. The molecular formula is C21H39IN6O. The lowest BCUT2D eigenvalue weighted by Gasteiger charge is -2.55. The molecule has 0 bridgehead atoms. The zero-order valence-corrected chi connectivity index (χ0v) is 21.0. The third-order valence-electron chi connectivity index (χ3n) is 7.20. The number of nitrogens with zero attached hydrogens (tertiary/aromatic N) is 4. The summed E-state index contributed by atoms with van der Waals surface area (Å²) < 4.78 is 7.78. The molecule has 2 saturated carbocycles. The quantitative estimate of drug-likeness (QED) is 0.327. The molecule has 0 aliphatic heterocycles. The summed E-state index contributed by atoms with van der Waals surface area (Å²) >= 11 is 0. The Kier molecular flexibility index (Phi) is 9.18. The molecule has 1 aromatic heterocycles. The number of hydrogen-bond donors (Lipinski definition) is 2. The molecule has 2 fully saturated rings.